The largest absolute Gasteiger partial charge is 0.324 e. The van der Waals surface area contributed by atoms with Crippen LogP contribution in [-0.2, 0) is 0 Å². The Hall–Kier alpha value is -3.66. The van der Waals surface area contributed by atoms with Crippen LogP contribution in [0, 0.1) is 13.8 Å². The summed E-state index contributed by atoms with van der Waals surface area (Å²) in [5.41, 5.74) is 5.58. The normalized spacial score (nSPS) is 11.2. The van der Waals surface area contributed by atoms with Crippen molar-refractivity contribution >= 4 is 11.9 Å². The molecule has 0 spiro atoms. The number of carbonyl (C=O) groups is 1. The Morgan fingerprint density at radius 2 is 1.54 bits per heavy atom. The fourth-order valence-corrected chi connectivity index (χ4v) is 3.28. The molecule has 4 nitrogen and oxygen atoms in total. The molecule has 0 saturated heterocycles. The first-order valence-corrected chi connectivity index (χ1v) is 9.21. The summed E-state index contributed by atoms with van der Waals surface area (Å²) < 4.78 is 3.92. The van der Waals surface area contributed by atoms with Gasteiger partial charge in [0.05, 0.1) is 11.4 Å². The van der Waals surface area contributed by atoms with Crippen molar-refractivity contribution in [1.82, 2.24) is 14.3 Å². The number of ketones is 1. The maximum Gasteiger partial charge on any atom is 0.185 e. The van der Waals surface area contributed by atoms with Gasteiger partial charge < -0.3 is 4.57 Å². The third-order valence-corrected chi connectivity index (χ3v) is 4.80. The van der Waals surface area contributed by atoms with Crippen LogP contribution in [0.25, 0.3) is 17.5 Å². The molecule has 0 bridgehead atoms. The number of rotatable bonds is 5. The van der Waals surface area contributed by atoms with Crippen LogP contribution in [0.1, 0.15) is 27.3 Å². The quantitative estimate of drug-likeness (QED) is 0.360. The van der Waals surface area contributed by atoms with Gasteiger partial charge in [0, 0.05) is 34.9 Å². The molecule has 2 aromatic heterocycles. The van der Waals surface area contributed by atoms with Crippen molar-refractivity contribution in [3.8, 4) is 11.4 Å². The summed E-state index contributed by atoms with van der Waals surface area (Å²) in [5, 5.41) is 4.62. The summed E-state index contributed by atoms with van der Waals surface area (Å²) in [6.07, 6.45) is 7.44. The molecule has 0 fully saturated rings. The van der Waals surface area contributed by atoms with Crippen molar-refractivity contribution in [2.75, 3.05) is 0 Å². The molecule has 138 valence electrons. The van der Waals surface area contributed by atoms with Crippen molar-refractivity contribution in [2.24, 2.45) is 0 Å². The van der Waals surface area contributed by atoms with Crippen LogP contribution in [0.2, 0.25) is 0 Å². The predicted octanol–water partition coefficient (Wildman–Crippen LogP) is 5.18. The van der Waals surface area contributed by atoms with Crippen molar-refractivity contribution in [3.63, 3.8) is 0 Å². The van der Waals surface area contributed by atoms with Gasteiger partial charge in [-0.3, -0.25) is 4.79 Å². The van der Waals surface area contributed by atoms with Crippen LogP contribution in [-0.4, -0.2) is 20.1 Å². The van der Waals surface area contributed by atoms with E-state index in [1.807, 2.05) is 108 Å². The zero-order valence-corrected chi connectivity index (χ0v) is 15.9. The highest BCUT2D eigenvalue weighted by atomic mass is 16.1. The molecule has 0 amide bonds. The van der Waals surface area contributed by atoms with E-state index in [9.17, 15) is 4.79 Å². The topological polar surface area (TPSA) is 39.8 Å². The summed E-state index contributed by atoms with van der Waals surface area (Å²) >= 11 is 0. The lowest BCUT2D eigenvalue weighted by atomic mass is 10.1. The average molecular weight is 367 g/mol. The highest BCUT2D eigenvalue weighted by Crippen LogP contribution is 2.19. The van der Waals surface area contributed by atoms with Crippen LogP contribution >= 0.6 is 0 Å². The van der Waals surface area contributed by atoms with Gasteiger partial charge in [-0.2, -0.15) is 5.10 Å². The fraction of sp³-hybridized carbons (Fsp3) is 0.0833. The first kappa shape index (κ1) is 17.7. The second kappa shape index (κ2) is 7.53. The number of nitrogens with zero attached hydrogens (tertiary/aromatic N) is 3. The van der Waals surface area contributed by atoms with E-state index in [4.69, 9.17) is 0 Å². The minimum Gasteiger partial charge on any atom is -0.324 e. The Morgan fingerprint density at radius 3 is 2.21 bits per heavy atom. The van der Waals surface area contributed by atoms with Gasteiger partial charge in [0.1, 0.15) is 0 Å². The van der Waals surface area contributed by atoms with Crippen LogP contribution in [0.3, 0.4) is 0 Å². The second-order valence-electron chi connectivity index (χ2n) is 6.67. The molecule has 0 atom stereocenters. The molecule has 0 N–H and O–H groups in total. The molecule has 2 heterocycles. The molecule has 0 aliphatic heterocycles. The van der Waals surface area contributed by atoms with Crippen molar-refractivity contribution in [3.05, 3.63) is 108 Å². The summed E-state index contributed by atoms with van der Waals surface area (Å²) in [4.78, 5) is 12.6. The average Bonchev–Trinajstić information content (AvgIpc) is 3.36. The number of hydrogen-bond acceptors (Lipinski definition) is 2. The molecule has 4 aromatic rings. The smallest absolute Gasteiger partial charge is 0.185 e. The Balaban J connectivity index is 1.56. The minimum absolute atomic E-state index is 0.0229. The lowest BCUT2D eigenvalue weighted by Gasteiger charge is -2.04. The van der Waals surface area contributed by atoms with Gasteiger partial charge in [0.15, 0.2) is 5.78 Å². The highest BCUT2D eigenvalue weighted by molar-refractivity contribution is 6.07. The number of allylic oxidation sites excluding steroid dienone is 1. The number of carbonyl (C=O) groups excluding carboxylic acids is 1. The van der Waals surface area contributed by atoms with E-state index < -0.39 is 0 Å². The third kappa shape index (κ3) is 3.45. The molecule has 0 saturated carbocycles. The lowest BCUT2D eigenvalue weighted by Crippen LogP contribution is -1.98. The van der Waals surface area contributed by atoms with Gasteiger partial charge in [-0.05, 0) is 74.5 Å². The van der Waals surface area contributed by atoms with Crippen LogP contribution in [0.5, 0.6) is 0 Å². The van der Waals surface area contributed by atoms with Crippen molar-refractivity contribution in [2.45, 2.75) is 13.8 Å². The molecular weight excluding hydrogens is 346 g/mol. The number of para-hydroxylation sites is 1. The Bertz CT molecular complexity index is 1120. The monoisotopic (exact) mass is 367 g/mol. The molecule has 0 unspecified atom stereocenters. The standard InChI is InChI=1S/C24H21N3O/c1-18-23(19(2)27(25-18)22-8-4-3-5-9-22)14-15-24(28)20-10-12-21(13-11-20)26-16-6-7-17-26/h3-17H,1-2H3/b15-14+. The van der Waals surface area contributed by atoms with Gasteiger partial charge in [0.2, 0.25) is 0 Å². The number of hydrogen-bond donors (Lipinski definition) is 0. The van der Waals surface area contributed by atoms with Gasteiger partial charge in [0.25, 0.3) is 0 Å². The first-order chi connectivity index (χ1) is 13.6. The van der Waals surface area contributed by atoms with E-state index in [1.54, 1.807) is 6.08 Å². The van der Waals surface area contributed by atoms with Crippen LogP contribution < -0.4 is 0 Å². The van der Waals surface area contributed by atoms with E-state index in [-0.39, 0.29) is 5.78 Å². The molecule has 4 heteroatoms. The molecule has 4 rings (SSSR count). The predicted molar refractivity (Wildman–Crippen MR) is 112 cm³/mol. The second-order valence-corrected chi connectivity index (χ2v) is 6.67. The maximum atomic E-state index is 12.6. The minimum atomic E-state index is -0.0229. The van der Waals surface area contributed by atoms with E-state index in [0.29, 0.717) is 5.56 Å². The summed E-state index contributed by atoms with van der Waals surface area (Å²) in [6.45, 7) is 3.98. The number of benzene rings is 2. The molecule has 0 radical (unpaired) electrons. The number of aryl methyl sites for hydroxylation is 1. The Labute approximate surface area is 164 Å². The maximum absolute atomic E-state index is 12.6. The summed E-state index contributed by atoms with van der Waals surface area (Å²) in [5.74, 6) is -0.0229. The third-order valence-electron chi connectivity index (χ3n) is 4.80. The van der Waals surface area contributed by atoms with E-state index in [1.165, 1.54) is 0 Å². The van der Waals surface area contributed by atoms with E-state index >= 15 is 0 Å². The van der Waals surface area contributed by atoms with Gasteiger partial charge >= 0.3 is 0 Å². The first-order valence-electron chi connectivity index (χ1n) is 9.21. The van der Waals surface area contributed by atoms with Crippen LogP contribution in [0.15, 0.2) is 85.2 Å². The zero-order chi connectivity index (χ0) is 19.5. The van der Waals surface area contributed by atoms with Gasteiger partial charge in [-0.1, -0.05) is 18.2 Å². The Kier molecular flexibility index (Phi) is 4.77. The molecule has 2 aromatic carbocycles. The molecule has 0 aliphatic carbocycles. The Morgan fingerprint density at radius 1 is 0.857 bits per heavy atom. The van der Waals surface area contributed by atoms with Gasteiger partial charge in [-0.25, -0.2) is 4.68 Å². The molecule has 28 heavy (non-hydrogen) atoms. The lowest BCUT2D eigenvalue weighted by molar-refractivity contribution is 0.104. The van der Waals surface area contributed by atoms with Gasteiger partial charge in [-0.15, -0.1) is 0 Å². The SMILES string of the molecule is Cc1nn(-c2ccccc2)c(C)c1/C=C/C(=O)c1ccc(-n2cccc2)cc1. The van der Waals surface area contributed by atoms with E-state index in [0.717, 1.165) is 28.3 Å². The van der Waals surface area contributed by atoms with Crippen LogP contribution in [0.4, 0.5) is 0 Å². The fourth-order valence-electron chi connectivity index (χ4n) is 3.28. The zero-order valence-electron chi connectivity index (χ0n) is 15.9. The number of aromatic nitrogens is 3. The van der Waals surface area contributed by atoms with E-state index in [2.05, 4.69) is 5.10 Å². The van der Waals surface area contributed by atoms with Crippen molar-refractivity contribution in [1.29, 1.82) is 0 Å². The highest BCUT2D eigenvalue weighted by Gasteiger charge is 2.11. The van der Waals surface area contributed by atoms with Crippen molar-refractivity contribution < 1.29 is 4.79 Å². The molecule has 0 aliphatic rings. The summed E-state index contributed by atoms with van der Waals surface area (Å²) in [6, 6.07) is 21.6. The molecular formula is C24H21N3O. The summed E-state index contributed by atoms with van der Waals surface area (Å²) in [7, 11) is 0.